The number of aromatic nitrogens is 3. The van der Waals surface area contributed by atoms with E-state index in [1.54, 1.807) is 13.1 Å². The number of carboxylic acid groups (broad SMARTS) is 1. The number of rotatable bonds is 9. The molecule has 180 valence electrons. The maximum absolute atomic E-state index is 11.4. The van der Waals surface area contributed by atoms with E-state index in [0.29, 0.717) is 55.9 Å². The monoisotopic (exact) mass is 466 g/mol. The summed E-state index contributed by atoms with van der Waals surface area (Å²) in [5.74, 6) is -0.390. The number of aliphatic hydroxyl groups excluding tert-OH is 1. The molecule has 0 bridgehead atoms. The number of carbonyl (C=O) groups is 1. The number of aliphatic carboxylic acids is 1. The number of fused-ring (bicyclic) bond motifs is 1. The molecule has 3 heterocycles. The molecule has 1 fully saturated rings. The van der Waals surface area contributed by atoms with E-state index in [-0.39, 0.29) is 13.0 Å². The lowest BCUT2D eigenvalue weighted by molar-refractivity contribution is -0.136. The Morgan fingerprint density at radius 2 is 2.09 bits per heavy atom. The molecule has 4 N–H and O–H groups in total. The third-order valence-corrected chi connectivity index (χ3v) is 5.85. The Hall–Kier alpha value is -3.63. The van der Waals surface area contributed by atoms with Crippen molar-refractivity contribution in [3.05, 3.63) is 42.2 Å². The van der Waals surface area contributed by atoms with Gasteiger partial charge in [0.1, 0.15) is 11.4 Å². The molecule has 0 atom stereocenters. The molecule has 34 heavy (non-hydrogen) atoms. The van der Waals surface area contributed by atoms with Gasteiger partial charge in [0.25, 0.3) is 0 Å². The van der Waals surface area contributed by atoms with E-state index in [4.69, 9.17) is 14.7 Å². The fraction of sp³-hybridized carbons (Fsp3) is 0.375. The van der Waals surface area contributed by atoms with Gasteiger partial charge >= 0.3 is 5.97 Å². The summed E-state index contributed by atoms with van der Waals surface area (Å²) in [5.41, 5.74) is 4.53. The summed E-state index contributed by atoms with van der Waals surface area (Å²) in [7, 11) is 3.62. The van der Waals surface area contributed by atoms with Crippen LogP contribution in [0.25, 0.3) is 27.9 Å². The molecular formula is C24H30N6O4. The van der Waals surface area contributed by atoms with Crippen LogP contribution in [0.2, 0.25) is 0 Å². The van der Waals surface area contributed by atoms with E-state index in [1.165, 1.54) is 0 Å². The lowest BCUT2D eigenvalue weighted by Gasteiger charge is -2.30. The molecule has 0 unspecified atom stereocenters. The molecule has 0 aliphatic carbocycles. The second-order valence-electron chi connectivity index (χ2n) is 8.02. The molecule has 0 radical (unpaired) electrons. The highest BCUT2D eigenvalue weighted by atomic mass is 16.5. The molecule has 10 nitrogen and oxygen atoms in total. The number of anilines is 2. The highest BCUT2D eigenvalue weighted by Crippen LogP contribution is 2.38. The average molecular weight is 467 g/mol. The Morgan fingerprint density at radius 3 is 2.79 bits per heavy atom. The minimum Gasteiger partial charge on any atom is -0.481 e. The number of morpholine rings is 1. The highest BCUT2D eigenvalue weighted by molar-refractivity contribution is 5.99. The summed E-state index contributed by atoms with van der Waals surface area (Å²) in [6, 6.07) is 8.02. The minimum absolute atomic E-state index is 0.0767. The molecule has 4 rings (SSSR count). The van der Waals surface area contributed by atoms with Crippen molar-refractivity contribution in [2.75, 3.05) is 63.8 Å². The molecule has 2 aromatic heterocycles. The quantitative estimate of drug-likeness (QED) is 0.375. The smallest absolute Gasteiger partial charge is 0.307 e. The van der Waals surface area contributed by atoms with E-state index in [1.807, 2.05) is 42.4 Å². The first-order valence-corrected chi connectivity index (χ1v) is 11.3. The van der Waals surface area contributed by atoms with Gasteiger partial charge in [-0.2, -0.15) is 0 Å². The van der Waals surface area contributed by atoms with Gasteiger partial charge in [-0.25, -0.2) is 9.97 Å². The summed E-state index contributed by atoms with van der Waals surface area (Å²) < 4.78 is 5.51. The fourth-order valence-electron chi connectivity index (χ4n) is 4.15. The van der Waals surface area contributed by atoms with Gasteiger partial charge in [0.15, 0.2) is 0 Å². The second kappa shape index (κ2) is 10.5. The molecular weight excluding hydrogens is 436 g/mol. The van der Waals surface area contributed by atoms with E-state index in [2.05, 4.69) is 15.2 Å². The zero-order valence-electron chi connectivity index (χ0n) is 19.4. The molecule has 1 aliphatic heterocycles. The van der Waals surface area contributed by atoms with Crippen LogP contribution in [0, 0.1) is 0 Å². The van der Waals surface area contributed by atoms with Crippen molar-refractivity contribution in [2.45, 2.75) is 6.42 Å². The molecule has 1 saturated heterocycles. The topological polar surface area (TPSA) is 127 Å². The third-order valence-electron chi connectivity index (χ3n) is 5.85. The number of H-pyrrole nitrogens is 1. The number of aromatic amines is 1. The van der Waals surface area contributed by atoms with Crippen molar-refractivity contribution < 1.29 is 19.7 Å². The van der Waals surface area contributed by atoms with Crippen molar-refractivity contribution in [3.63, 3.8) is 0 Å². The molecule has 0 spiro atoms. The van der Waals surface area contributed by atoms with Crippen LogP contribution in [0.4, 0.5) is 11.6 Å². The lowest BCUT2D eigenvalue weighted by atomic mass is 10.0. The molecule has 10 heteroatoms. The van der Waals surface area contributed by atoms with Crippen molar-refractivity contribution in [3.8, 4) is 11.3 Å². The summed E-state index contributed by atoms with van der Waals surface area (Å²) in [6.45, 7) is 2.74. The zero-order valence-corrected chi connectivity index (χ0v) is 19.4. The van der Waals surface area contributed by atoms with Gasteiger partial charge in [-0.3, -0.25) is 4.79 Å². The normalized spacial score (nSPS) is 14.4. The number of benzene rings is 1. The van der Waals surface area contributed by atoms with Crippen LogP contribution in [0.15, 0.2) is 36.5 Å². The van der Waals surface area contributed by atoms with Crippen LogP contribution in [0.5, 0.6) is 0 Å². The average Bonchev–Trinajstić information content (AvgIpc) is 3.33. The summed E-state index contributed by atoms with van der Waals surface area (Å²) in [4.78, 5) is 28.4. The summed E-state index contributed by atoms with van der Waals surface area (Å²) >= 11 is 0. The third kappa shape index (κ3) is 4.82. The number of aliphatic hydroxyl groups is 1. The predicted octanol–water partition coefficient (Wildman–Crippen LogP) is 2.24. The molecule has 1 aliphatic rings. The Labute approximate surface area is 197 Å². The number of carboxylic acids is 1. The molecule has 3 aromatic rings. The maximum Gasteiger partial charge on any atom is 0.307 e. The minimum atomic E-state index is -0.944. The standard InChI is InChI=1S/C24H30N6O4/c1-25-23-21(17-4-3-5-18-16(17)8-9-26-18)27-24(30-11-14-34-15-12-30)28-22(23)19(6-7-20(32)33)29(2)10-13-31/h3-6,8-9,25-26,31H,7,10-15H2,1-2H3,(H,32,33)/b19-6+. The van der Waals surface area contributed by atoms with E-state index in [0.717, 1.165) is 22.2 Å². The molecule has 0 amide bonds. The van der Waals surface area contributed by atoms with Gasteiger partial charge in [0.2, 0.25) is 5.95 Å². The number of nitrogens with zero attached hydrogens (tertiary/aromatic N) is 4. The first-order valence-electron chi connectivity index (χ1n) is 11.3. The van der Waals surface area contributed by atoms with Crippen LogP contribution in [-0.2, 0) is 9.53 Å². The van der Waals surface area contributed by atoms with E-state index in [9.17, 15) is 15.0 Å². The van der Waals surface area contributed by atoms with Gasteiger partial charge in [0.05, 0.1) is 37.6 Å². The number of likely N-dealkylation sites (N-methyl/N-ethyl adjacent to an activating group) is 1. The van der Waals surface area contributed by atoms with Crippen molar-refractivity contribution in [2.24, 2.45) is 0 Å². The maximum atomic E-state index is 11.4. The Bertz CT molecular complexity index is 1190. The van der Waals surface area contributed by atoms with Gasteiger partial charge in [-0.15, -0.1) is 0 Å². The van der Waals surface area contributed by atoms with Crippen LogP contribution in [0.1, 0.15) is 12.1 Å². The molecule has 1 aromatic carbocycles. The van der Waals surface area contributed by atoms with E-state index < -0.39 is 5.97 Å². The van der Waals surface area contributed by atoms with Crippen LogP contribution in [0.3, 0.4) is 0 Å². The predicted molar refractivity (Wildman–Crippen MR) is 132 cm³/mol. The van der Waals surface area contributed by atoms with Gasteiger partial charge in [0, 0.05) is 56.4 Å². The SMILES string of the molecule is CNc1c(/C(=C\CC(=O)O)N(C)CCO)nc(N2CCOCC2)nc1-c1cccc2[nH]ccc12. The first-order chi connectivity index (χ1) is 16.5. The van der Waals surface area contributed by atoms with Crippen LogP contribution < -0.4 is 10.2 Å². The Kier molecular flexibility index (Phi) is 7.29. The molecule has 0 saturated carbocycles. The number of nitrogens with one attached hydrogen (secondary N) is 2. The Morgan fingerprint density at radius 1 is 1.29 bits per heavy atom. The van der Waals surface area contributed by atoms with Crippen molar-refractivity contribution in [1.82, 2.24) is 19.9 Å². The second-order valence-corrected chi connectivity index (χ2v) is 8.02. The van der Waals surface area contributed by atoms with Gasteiger partial charge in [-0.1, -0.05) is 12.1 Å². The van der Waals surface area contributed by atoms with Gasteiger partial charge < -0.3 is 35.1 Å². The largest absolute Gasteiger partial charge is 0.481 e. The number of ether oxygens (including phenoxy) is 1. The summed E-state index contributed by atoms with van der Waals surface area (Å²) in [5, 5.41) is 23.2. The number of hydrogen-bond donors (Lipinski definition) is 4. The Balaban J connectivity index is 1.97. The van der Waals surface area contributed by atoms with Crippen molar-refractivity contribution in [1.29, 1.82) is 0 Å². The number of hydrogen-bond acceptors (Lipinski definition) is 8. The van der Waals surface area contributed by atoms with Crippen LogP contribution in [-0.4, -0.2) is 89.6 Å². The lowest BCUT2D eigenvalue weighted by Crippen LogP contribution is -2.37. The van der Waals surface area contributed by atoms with E-state index >= 15 is 0 Å². The summed E-state index contributed by atoms with van der Waals surface area (Å²) in [6.07, 6.45) is 3.35. The van der Waals surface area contributed by atoms with Gasteiger partial charge in [-0.05, 0) is 18.2 Å². The van der Waals surface area contributed by atoms with Crippen molar-refractivity contribution >= 4 is 34.2 Å². The highest BCUT2D eigenvalue weighted by Gasteiger charge is 2.24. The first kappa shape index (κ1) is 23.5. The zero-order chi connectivity index (χ0) is 24.1. The van der Waals surface area contributed by atoms with Crippen LogP contribution >= 0.6 is 0 Å². The fourth-order valence-corrected chi connectivity index (χ4v) is 4.15.